The van der Waals surface area contributed by atoms with Gasteiger partial charge in [0.2, 0.25) is 11.8 Å². The van der Waals surface area contributed by atoms with Crippen LogP contribution in [0.3, 0.4) is 0 Å². The summed E-state index contributed by atoms with van der Waals surface area (Å²) in [6, 6.07) is 19.6. The summed E-state index contributed by atoms with van der Waals surface area (Å²) in [5, 5.41) is 15.5. The van der Waals surface area contributed by atoms with E-state index in [0.717, 1.165) is 23.3 Å². The van der Waals surface area contributed by atoms with Crippen molar-refractivity contribution in [2.24, 2.45) is 0 Å². The third kappa shape index (κ3) is 6.67. The maximum Gasteiger partial charge on any atom is 0.254 e. The molecular weight excluding hydrogens is 504 g/mol. The van der Waals surface area contributed by atoms with Crippen LogP contribution in [0.15, 0.2) is 78.9 Å². The molecule has 9 heteroatoms. The van der Waals surface area contributed by atoms with Crippen molar-refractivity contribution in [3.8, 4) is 0 Å². The molecular formula is C30H31F2N3O4. The van der Waals surface area contributed by atoms with Crippen LogP contribution in [-0.4, -0.2) is 53.4 Å². The molecule has 1 heterocycles. The van der Waals surface area contributed by atoms with Crippen molar-refractivity contribution in [1.82, 2.24) is 15.5 Å². The van der Waals surface area contributed by atoms with Gasteiger partial charge in [-0.15, -0.1) is 0 Å². The average Bonchev–Trinajstić information content (AvgIpc) is 3.05. The van der Waals surface area contributed by atoms with Crippen LogP contribution in [0.4, 0.5) is 8.78 Å². The highest BCUT2D eigenvalue weighted by molar-refractivity contribution is 5.93. The van der Waals surface area contributed by atoms with Gasteiger partial charge in [0, 0.05) is 31.5 Å². The van der Waals surface area contributed by atoms with Crippen LogP contribution in [0.1, 0.15) is 48.0 Å². The van der Waals surface area contributed by atoms with E-state index in [-0.39, 0.29) is 23.3 Å². The van der Waals surface area contributed by atoms with Crippen LogP contribution in [0.2, 0.25) is 0 Å². The molecule has 1 fully saturated rings. The second kappa shape index (κ2) is 12.2. The van der Waals surface area contributed by atoms with Crippen molar-refractivity contribution in [2.75, 3.05) is 13.6 Å². The molecule has 1 aliphatic rings. The van der Waals surface area contributed by atoms with Gasteiger partial charge in [-0.1, -0.05) is 60.7 Å². The number of carbonyl (C=O) groups is 3. The summed E-state index contributed by atoms with van der Waals surface area (Å²) >= 11 is 0. The first kappa shape index (κ1) is 27.9. The highest BCUT2D eigenvalue weighted by Crippen LogP contribution is 2.36. The molecule has 0 bridgehead atoms. The van der Waals surface area contributed by atoms with Crippen molar-refractivity contribution in [3.05, 3.63) is 107 Å². The molecule has 1 aliphatic heterocycles. The normalized spacial score (nSPS) is 21.0. The molecule has 0 radical (unpaired) electrons. The van der Waals surface area contributed by atoms with Crippen LogP contribution in [0.5, 0.6) is 0 Å². The molecule has 1 saturated heterocycles. The summed E-state index contributed by atoms with van der Waals surface area (Å²) in [4.78, 5) is 40.9. The van der Waals surface area contributed by atoms with E-state index in [1.54, 1.807) is 11.9 Å². The van der Waals surface area contributed by atoms with E-state index in [0.29, 0.717) is 19.0 Å². The Kier molecular flexibility index (Phi) is 8.71. The van der Waals surface area contributed by atoms with E-state index in [4.69, 9.17) is 0 Å². The van der Waals surface area contributed by atoms with Gasteiger partial charge >= 0.3 is 0 Å². The number of nitrogens with zero attached hydrogens (tertiary/aromatic N) is 1. The number of rotatable bonds is 7. The molecule has 3 aromatic carbocycles. The predicted molar refractivity (Wildman–Crippen MR) is 141 cm³/mol. The molecule has 5 atom stereocenters. The quantitative estimate of drug-likeness (QED) is 0.432. The molecule has 0 aromatic heterocycles. The van der Waals surface area contributed by atoms with Crippen LogP contribution < -0.4 is 10.6 Å². The molecule has 0 aliphatic carbocycles. The van der Waals surface area contributed by atoms with Crippen LogP contribution in [0, 0.1) is 11.6 Å². The van der Waals surface area contributed by atoms with Gasteiger partial charge in [-0.3, -0.25) is 14.4 Å². The summed E-state index contributed by atoms with van der Waals surface area (Å²) < 4.78 is 27.1. The monoisotopic (exact) mass is 535 g/mol. The summed E-state index contributed by atoms with van der Waals surface area (Å²) in [5.41, 5.74) is 1.70. The zero-order chi connectivity index (χ0) is 28.1. The fourth-order valence-corrected chi connectivity index (χ4v) is 5.03. The lowest BCUT2D eigenvalue weighted by molar-refractivity contribution is -0.137. The molecule has 7 nitrogen and oxygen atoms in total. The van der Waals surface area contributed by atoms with E-state index in [2.05, 4.69) is 10.6 Å². The van der Waals surface area contributed by atoms with Crippen LogP contribution in [-0.2, 0) is 14.4 Å². The number of halogens is 2. The van der Waals surface area contributed by atoms with Gasteiger partial charge in [-0.25, -0.2) is 8.78 Å². The molecule has 0 unspecified atom stereocenters. The van der Waals surface area contributed by atoms with Crippen LogP contribution >= 0.6 is 0 Å². The highest BCUT2D eigenvalue weighted by Gasteiger charge is 2.39. The standard InChI is InChI=1S/C30H31F2N3O4/c1-18(33-29(38)27(36)21-13-23(31)16-24(32)14-21)28(37)34-26-25(20-11-7-4-8-12-20)15-22(17-35(2)30(26)39)19-9-5-3-6-10-19/h3-14,16,18,22,25-27,36H,15,17H2,1-2H3,(H,33,38)(H,34,37)/t18-,22+,25-,26-,27+/m0/s1. The lowest BCUT2D eigenvalue weighted by Gasteiger charge is -2.29. The third-order valence-electron chi connectivity index (χ3n) is 7.07. The number of benzene rings is 3. The number of likely N-dealkylation sites (N-methyl/N-ethyl adjacent to an activating group) is 1. The maximum atomic E-state index is 13.6. The number of aliphatic hydroxyl groups excluding tert-OH is 1. The number of hydrogen-bond acceptors (Lipinski definition) is 4. The lowest BCUT2D eigenvalue weighted by Crippen LogP contribution is -2.54. The van der Waals surface area contributed by atoms with Gasteiger partial charge in [0.1, 0.15) is 23.7 Å². The van der Waals surface area contributed by atoms with Gasteiger partial charge < -0.3 is 20.6 Å². The molecule has 204 valence electrons. The fourth-order valence-electron chi connectivity index (χ4n) is 5.03. The highest BCUT2D eigenvalue weighted by atomic mass is 19.1. The van der Waals surface area contributed by atoms with Gasteiger partial charge in [-0.2, -0.15) is 0 Å². The SMILES string of the molecule is C[C@H](NC(=O)[C@H](O)c1cc(F)cc(F)c1)C(=O)N[C@@H]1C(=O)N(C)C[C@H](c2ccccc2)C[C@H]1c1ccccc1. The predicted octanol–water partition coefficient (Wildman–Crippen LogP) is 3.42. The number of amides is 3. The van der Waals surface area contributed by atoms with Gasteiger partial charge in [0.25, 0.3) is 5.91 Å². The van der Waals surface area contributed by atoms with E-state index >= 15 is 0 Å². The van der Waals surface area contributed by atoms with Crippen molar-refractivity contribution in [3.63, 3.8) is 0 Å². The molecule has 0 spiro atoms. The average molecular weight is 536 g/mol. The van der Waals surface area contributed by atoms with Gasteiger partial charge in [0.05, 0.1) is 0 Å². The minimum Gasteiger partial charge on any atom is -0.378 e. The van der Waals surface area contributed by atoms with Crippen molar-refractivity contribution in [1.29, 1.82) is 0 Å². The van der Waals surface area contributed by atoms with Gasteiger partial charge in [0.15, 0.2) is 6.10 Å². The number of carbonyl (C=O) groups excluding carboxylic acids is 3. The van der Waals surface area contributed by atoms with Crippen molar-refractivity contribution in [2.45, 2.75) is 43.4 Å². The number of nitrogens with one attached hydrogen (secondary N) is 2. The van der Waals surface area contributed by atoms with E-state index < -0.39 is 41.6 Å². The Morgan fingerprint density at radius 1 is 0.923 bits per heavy atom. The summed E-state index contributed by atoms with van der Waals surface area (Å²) in [6.45, 7) is 1.88. The largest absolute Gasteiger partial charge is 0.378 e. The second-order valence-corrected chi connectivity index (χ2v) is 9.90. The smallest absolute Gasteiger partial charge is 0.254 e. The van der Waals surface area contributed by atoms with E-state index in [9.17, 15) is 28.3 Å². The van der Waals surface area contributed by atoms with Crippen molar-refractivity contribution < 1.29 is 28.3 Å². The first-order valence-corrected chi connectivity index (χ1v) is 12.7. The minimum atomic E-state index is -1.89. The second-order valence-electron chi connectivity index (χ2n) is 9.90. The Bertz CT molecular complexity index is 1300. The molecule has 3 aromatic rings. The molecule has 3 amide bonds. The molecule has 3 N–H and O–H groups in total. The zero-order valence-corrected chi connectivity index (χ0v) is 21.7. The Hall–Kier alpha value is -4.11. The number of hydrogen-bond donors (Lipinski definition) is 3. The fraction of sp³-hybridized carbons (Fsp3) is 0.300. The molecule has 4 rings (SSSR count). The summed E-state index contributed by atoms with van der Waals surface area (Å²) in [5.74, 6) is -4.10. The third-order valence-corrected chi connectivity index (χ3v) is 7.07. The topological polar surface area (TPSA) is 98.7 Å². The van der Waals surface area contributed by atoms with Crippen LogP contribution in [0.25, 0.3) is 0 Å². The van der Waals surface area contributed by atoms with E-state index in [1.165, 1.54) is 6.92 Å². The Balaban J connectivity index is 1.53. The van der Waals surface area contributed by atoms with E-state index in [1.807, 2.05) is 60.7 Å². The minimum absolute atomic E-state index is 0.0335. The summed E-state index contributed by atoms with van der Waals surface area (Å²) in [6.07, 6.45) is -1.29. The maximum absolute atomic E-state index is 13.6. The number of aliphatic hydroxyl groups is 1. The lowest BCUT2D eigenvalue weighted by atomic mass is 9.82. The first-order chi connectivity index (χ1) is 18.6. The van der Waals surface area contributed by atoms with Gasteiger partial charge in [-0.05, 0) is 42.2 Å². The zero-order valence-electron chi connectivity index (χ0n) is 21.7. The number of likely N-dealkylation sites (tertiary alicyclic amines) is 1. The summed E-state index contributed by atoms with van der Waals surface area (Å²) in [7, 11) is 1.70. The molecule has 39 heavy (non-hydrogen) atoms. The Morgan fingerprint density at radius 3 is 2.08 bits per heavy atom. The van der Waals surface area contributed by atoms with Crippen molar-refractivity contribution >= 4 is 17.7 Å². The first-order valence-electron chi connectivity index (χ1n) is 12.7. The molecule has 0 saturated carbocycles. The Labute approximate surface area is 225 Å². The Morgan fingerprint density at radius 2 is 1.49 bits per heavy atom.